The SMILES string of the molecule is COc1ccc(C2C3=CCC4C(=O)N(c5cc([N+](=O)[O-])c(N(C)C)c([N+](=O)[O-])c5)C(=O)C4C3CC3C(=O)C(c4ccccc4)=CC(=O)C32c2ccccc2)c(O)c1. The van der Waals surface area contributed by atoms with E-state index in [2.05, 4.69) is 0 Å². The van der Waals surface area contributed by atoms with Crippen LogP contribution in [0, 0.1) is 43.9 Å². The molecule has 4 aromatic carbocycles. The summed E-state index contributed by atoms with van der Waals surface area (Å²) in [5, 5.41) is 36.2. The van der Waals surface area contributed by atoms with Gasteiger partial charge in [0, 0.05) is 55.3 Å². The van der Waals surface area contributed by atoms with E-state index in [1.165, 1.54) is 38.2 Å². The van der Waals surface area contributed by atoms with Crippen molar-refractivity contribution in [2.75, 3.05) is 31.0 Å². The Morgan fingerprint density at radius 1 is 0.842 bits per heavy atom. The summed E-state index contributed by atoms with van der Waals surface area (Å²) in [4.78, 5) is 84.4. The number of phenols is 1. The first kappa shape index (κ1) is 37.0. The van der Waals surface area contributed by atoms with Crippen LogP contribution in [0.3, 0.4) is 0 Å². The molecule has 1 saturated heterocycles. The number of Topliss-reactive ketones (excluding diaryl/α,β-unsaturated/α-hetero) is 1. The van der Waals surface area contributed by atoms with E-state index in [0.29, 0.717) is 28.0 Å². The van der Waals surface area contributed by atoms with Crippen molar-refractivity contribution >= 4 is 51.7 Å². The smallest absolute Gasteiger partial charge is 0.301 e. The number of nitrogens with zero attached hydrogens (tertiary/aromatic N) is 4. The number of aromatic hydroxyl groups is 1. The summed E-state index contributed by atoms with van der Waals surface area (Å²) in [5.74, 6) is -6.99. The highest BCUT2D eigenvalue weighted by Gasteiger charge is 2.66. The fraction of sp³-hybridized carbons (Fsp3) is 0.256. The molecule has 4 aromatic rings. The third kappa shape index (κ3) is 5.46. The van der Waals surface area contributed by atoms with Crippen LogP contribution in [0.5, 0.6) is 11.5 Å². The summed E-state index contributed by atoms with van der Waals surface area (Å²) in [6.45, 7) is 0. The number of carbonyl (C=O) groups is 4. The van der Waals surface area contributed by atoms with Crippen LogP contribution < -0.4 is 14.5 Å². The predicted molar refractivity (Wildman–Crippen MR) is 208 cm³/mol. The molecule has 2 fully saturated rings. The lowest BCUT2D eigenvalue weighted by atomic mass is 9.44. The minimum absolute atomic E-state index is 0.0216. The molecule has 3 aliphatic carbocycles. The maximum Gasteiger partial charge on any atom is 0.301 e. The van der Waals surface area contributed by atoms with E-state index in [1.807, 2.05) is 6.08 Å². The average Bonchev–Trinajstić information content (AvgIpc) is 3.47. The number of nitro benzene ring substituents is 2. The van der Waals surface area contributed by atoms with Crippen LogP contribution in [0.1, 0.15) is 35.4 Å². The first-order chi connectivity index (χ1) is 27.3. The average molecular weight is 769 g/mol. The van der Waals surface area contributed by atoms with Gasteiger partial charge < -0.3 is 14.7 Å². The molecule has 0 spiro atoms. The van der Waals surface area contributed by atoms with Crippen molar-refractivity contribution in [3.63, 3.8) is 0 Å². The number of amides is 2. The molecule has 1 aliphatic heterocycles. The molecule has 14 heteroatoms. The molecule has 1 N–H and O–H groups in total. The Bertz CT molecular complexity index is 2440. The topological polar surface area (TPSA) is 190 Å². The maximum absolute atomic E-state index is 15.2. The minimum Gasteiger partial charge on any atom is -0.508 e. The zero-order chi connectivity index (χ0) is 40.5. The molecule has 8 rings (SSSR count). The van der Waals surface area contributed by atoms with Gasteiger partial charge >= 0.3 is 11.4 Å². The number of benzene rings is 4. The van der Waals surface area contributed by atoms with Crippen LogP contribution in [-0.2, 0) is 24.6 Å². The maximum atomic E-state index is 15.2. The predicted octanol–water partition coefficient (Wildman–Crippen LogP) is 6.31. The summed E-state index contributed by atoms with van der Waals surface area (Å²) in [6.07, 6.45) is 3.18. The molecule has 0 bridgehead atoms. The number of anilines is 2. The highest BCUT2D eigenvalue weighted by atomic mass is 16.6. The molecule has 57 heavy (non-hydrogen) atoms. The second kappa shape index (κ2) is 13.7. The van der Waals surface area contributed by atoms with Gasteiger partial charge in [0.1, 0.15) is 11.5 Å². The zero-order valence-corrected chi connectivity index (χ0v) is 31.0. The first-order valence-electron chi connectivity index (χ1n) is 18.3. The van der Waals surface area contributed by atoms with Gasteiger partial charge in [0.15, 0.2) is 17.3 Å². The van der Waals surface area contributed by atoms with Crippen LogP contribution in [0.2, 0.25) is 0 Å². The molecule has 14 nitrogen and oxygen atoms in total. The van der Waals surface area contributed by atoms with Crippen molar-refractivity contribution in [3.05, 3.63) is 146 Å². The van der Waals surface area contributed by atoms with E-state index in [9.17, 15) is 34.9 Å². The van der Waals surface area contributed by atoms with Gasteiger partial charge in [0.05, 0.1) is 39.9 Å². The van der Waals surface area contributed by atoms with E-state index in [1.54, 1.807) is 72.8 Å². The van der Waals surface area contributed by atoms with Crippen molar-refractivity contribution in [3.8, 4) is 11.5 Å². The summed E-state index contributed by atoms with van der Waals surface area (Å²) < 4.78 is 5.39. The molecule has 1 saturated carbocycles. The van der Waals surface area contributed by atoms with Crippen molar-refractivity contribution < 1.29 is 38.9 Å². The Balaban J connectivity index is 1.34. The van der Waals surface area contributed by atoms with Crippen LogP contribution in [0.25, 0.3) is 5.57 Å². The number of imide groups is 1. The van der Waals surface area contributed by atoms with Crippen molar-refractivity contribution in [2.45, 2.75) is 24.2 Å². The van der Waals surface area contributed by atoms with Crippen molar-refractivity contribution in [1.82, 2.24) is 0 Å². The number of hydrogen-bond donors (Lipinski definition) is 1. The second-order valence-electron chi connectivity index (χ2n) is 15.0. The number of nitro groups is 2. The highest BCUT2D eigenvalue weighted by Crippen LogP contribution is 2.64. The van der Waals surface area contributed by atoms with Gasteiger partial charge in [-0.3, -0.25) is 39.4 Å². The number of fused-ring (bicyclic) bond motifs is 4. The number of methoxy groups -OCH3 is 1. The molecule has 0 radical (unpaired) electrons. The van der Waals surface area contributed by atoms with Crippen molar-refractivity contribution in [2.24, 2.45) is 23.7 Å². The molecule has 6 atom stereocenters. The molecular formula is C43H36N4O10. The number of rotatable bonds is 8. The van der Waals surface area contributed by atoms with Crippen LogP contribution in [-0.4, -0.2) is 59.5 Å². The number of phenolic OH excluding ortho intramolecular Hbond substituents is 1. The van der Waals surface area contributed by atoms with Crippen LogP contribution >= 0.6 is 0 Å². The lowest BCUT2D eigenvalue weighted by Crippen LogP contribution is -2.58. The standard InChI is InChI=1S/C43H36N4O10/c1-44(2)39-33(46(53)54)18-25(19-34(39)47(55)56)45-41(51)29-17-16-27-31(37(29)42(45)52)21-32-40(50)30(23-10-6-4-7-11-23)22-36(49)43(32,24-12-8-5-9-13-24)38(27)28-15-14-26(57-3)20-35(28)48/h4-16,18-20,22,29,31-32,37-38,48H,17,21H2,1-3H3. The van der Waals surface area contributed by atoms with E-state index >= 15 is 9.59 Å². The van der Waals surface area contributed by atoms with Gasteiger partial charge in [-0.1, -0.05) is 78.4 Å². The molecule has 0 aromatic heterocycles. The van der Waals surface area contributed by atoms with Gasteiger partial charge in [-0.2, -0.15) is 0 Å². The highest BCUT2D eigenvalue weighted by molar-refractivity contribution is 6.32. The first-order valence-corrected chi connectivity index (χ1v) is 18.3. The van der Waals surface area contributed by atoms with Crippen molar-refractivity contribution in [1.29, 1.82) is 0 Å². The molecule has 1 heterocycles. The number of ether oxygens (including phenoxy) is 1. The third-order valence-corrected chi connectivity index (χ3v) is 12.1. The van der Waals surface area contributed by atoms with Gasteiger partial charge in [0.25, 0.3) is 0 Å². The number of hydrogen-bond acceptors (Lipinski definition) is 11. The summed E-state index contributed by atoms with van der Waals surface area (Å²) in [5.41, 5.74) is -1.37. The Hall–Kier alpha value is -6.96. The van der Waals surface area contributed by atoms with E-state index < -0.39 is 68.0 Å². The van der Waals surface area contributed by atoms with Crippen LogP contribution in [0.15, 0.2) is 109 Å². The number of ketones is 2. The lowest BCUT2D eigenvalue weighted by Gasteiger charge is -2.55. The van der Waals surface area contributed by atoms with Gasteiger partial charge in [-0.15, -0.1) is 0 Å². The summed E-state index contributed by atoms with van der Waals surface area (Å²) >= 11 is 0. The molecule has 2 amide bonds. The zero-order valence-electron chi connectivity index (χ0n) is 31.0. The summed E-state index contributed by atoms with van der Waals surface area (Å²) in [7, 11) is 4.27. The minimum atomic E-state index is -1.59. The van der Waals surface area contributed by atoms with Gasteiger partial charge in [-0.25, -0.2) is 4.90 Å². The number of allylic oxidation sites excluding steroid dienone is 4. The summed E-state index contributed by atoms with van der Waals surface area (Å²) in [6, 6.07) is 24.4. The number of carbonyl (C=O) groups excluding carboxylic acids is 4. The largest absolute Gasteiger partial charge is 0.508 e. The Labute approximate surface area is 326 Å². The van der Waals surface area contributed by atoms with E-state index in [4.69, 9.17) is 4.74 Å². The fourth-order valence-electron chi connectivity index (χ4n) is 9.82. The van der Waals surface area contributed by atoms with Crippen LogP contribution in [0.4, 0.5) is 22.7 Å². The Kier molecular flexibility index (Phi) is 8.86. The Morgan fingerprint density at radius 2 is 1.47 bits per heavy atom. The van der Waals surface area contributed by atoms with Gasteiger partial charge in [0.2, 0.25) is 11.8 Å². The normalized spacial score (nSPS) is 25.2. The fourth-order valence-corrected chi connectivity index (χ4v) is 9.82. The second-order valence-corrected chi connectivity index (χ2v) is 15.0. The van der Waals surface area contributed by atoms with E-state index in [0.717, 1.165) is 17.0 Å². The third-order valence-electron chi connectivity index (χ3n) is 12.1. The van der Waals surface area contributed by atoms with E-state index in [-0.39, 0.29) is 47.1 Å². The molecule has 6 unspecified atom stereocenters. The van der Waals surface area contributed by atoms with Gasteiger partial charge in [-0.05, 0) is 42.0 Å². The lowest BCUT2D eigenvalue weighted by molar-refractivity contribution is -0.392. The molecule has 4 aliphatic rings. The monoisotopic (exact) mass is 768 g/mol. The quantitative estimate of drug-likeness (QED) is 0.0915. The Morgan fingerprint density at radius 3 is 2.05 bits per heavy atom. The molecule has 288 valence electrons. The molecular weight excluding hydrogens is 732 g/mol.